The number of nitrogens with zero attached hydrogens (tertiary/aromatic N) is 2. The van der Waals surface area contributed by atoms with Crippen LogP contribution in [-0.2, 0) is 11.2 Å². The lowest BCUT2D eigenvalue weighted by molar-refractivity contribution is -0.119. The molecule has 188 valence electrons. The summed E-state index contributed by atoms with van der Waals surface area (Å²) in [7, 11) is 0. The fourth-order valence-corrected chi connectivity index (χ4v) is 4.03. The summed E-state index contributed by atoms with van der Waals surface area (Å²) in [5.41, 5.74) is 5.51. The van der Waals surface area contributed by atoms with Crippen molar-refractivity contribution in [1.82, 2.24) is 10.6 Å². The average Bonchev–Trinajstić information content (AvgIpc) is 2.81. The van der Waals surface area contributed by atoms with Gasteiger partial charge in [-0.1, -0.05) is 25.5 Å². The van der Waals surface area contributed by atoms with Gasteiger partial charge in [-0.15, -0.1) is 0 Å². The molecule has 3 N–H and O–H groups in total. The number of aliphatic imine (C=N–C) groups is 2. The first-order valence-corrected chi connectivity index (χ1v) is 12.2. The van der Waals surface area contributed by atoms with Gasteiger partial charge in [0.1, 0.15) is 5.70 Å². The maximum absolute atomic E-state index is 12.9. The number of aryl methyl sites for hydroxylation is 3. The van der Waals surface area contributed by atoms with E-state index in [0.717, 1.165) is 31.9 Å². The zero-order valence-electron chi connectivity index (χ0n) is 20.9. The predicted octanol–water partition coefficient (Wildman–Crippen LogP) is 5.30. The van der Waals surface area contributed by atoms with Crippen LogP contribution in [0.15, 0.2) is 33.9 Å². The van der Waals surface area contributed by atoms with Crippen LogP contribution in [0.5, 0.6) is 0 Å². The minimum Gasteiger partial charge on any atom is -0.356 e. The van der Waals surface area contributed by atoms with Crippen LogP contribution in [0.4, 0.5) is 14.5 Å². The molecule has 3 rings (SSSR count). The van der Waals surface area contributed by atoms with Crippen molar-refractivity contribution in [3.63, 3.8) is 0 Å². The largest absolute Gasteiger partial charge is 0.356 e. The Morgan fingerprint density at radius 3 is 2.56 bits per heavy atom. The highest BCUT2D eigenvalue weighted by molar-refractivity contribution is 5.95. The van der Waals surface area contributed by atoms with Crippen molar-refractivity contribution in [2.24, 2.45) is 9.98 Å². The van der Waals surface area contributed by atoms with Crippen molar-refractivity contribution in [2.45, 2.75) is 84.6 Å². The molecule has 0 atom stereocenters. The Bertz CT molecular complexity index is 901. The number of allylic oxidation sites excluding steroid dienone is 1. The van der Waals surface area contributed by atoms with Crippen molar-refractivity contribution >= 4 is 24.3 Å². The van der Waals surface area contributed by atoms with Crippen LogP contribution in [0, 0.1) is 13.8 Å². The third-order valence-electron chi connectivity index (χ3n) is 6.08. The molecule has 1 aliphatic heterocycles. The van der Waals surface area contributed by atoms with Gasteiger partial charge < -0.3 is 16.0 Å². The first-order valence-electron chi connectivity index (χ1n) is 12.2. The lowest BCUT2D eigenvalue weighted by Gasteiger charge is -2.28. The highest BCUT2D eigenvalue weighted by Crippen LogP contribution is 2.33. The molecule has 1 saturated carbocycles. The van der Waals surface area contributed by atoms with Crippen LogP contribution in [0.1, 0.15) is 69.1 Å². The molecule has 6 nitrogen and oxygen atoms in total. The first-order chi connectivity index (χ1) is 16.2. The molecular weight excluding hydrogens is 436 g/mol. The van der Waals surface area contributed by atoms with Gasteiger partial charge in [0.05, 0.1) is 0 Å². The molecule has 0 bridgehead atoms. The van der Waals surface area contributed by atoms with Gasteiger partial charge in [0.25, 0.3) is 5.91 Å². The third-order valence-corrected chi connectivity index (χ3v) is 6.08. The molecular formula is C26H39F2N5O. The summed E-state index contributed by atoms with van der Waals surface area (Å²) in [5.74, 6) is -2.00. The SMILES string of the molecule is C=N/C(=C\C)C(=O)NC1CCC(F)(F)CC1.CCCc1cc(C)c(NC2=NCCCN2)cc1C. The van der Waals surface area contributed by atoms with Crippen LogP contribution in [0.25, 0.3) is 0 Å². The maximum Gasteiger partial charge on any atom is 0.269 e. The number of halogens is 2. The summed E-state index contributed by atoms with van der Waals surface area (Å²) in [5, 5.41) is 9.38. The molecule has 2 aliphatic rings. The van der Waals surface area contributed by atoms with E-state index in [1.807, 2.05) is 0 Å². The highest BCUT2D eigenvalue weighted by Gasteiger charge is 2.35. The summed E-state index contributed by atoms with van der Waals surface area (Å²) in [6.07, 6.45) is 5.32. The minimum absolute atomic E-state index is 0.162. The van der Waals surface area contributed by atoms with Crippen molar-refractivity contribution in [2.75, 3.05) is 18.4 Å². The van der Waals surface area contributed by atoms with Crippen LogP contribution in [-0.4, -0.2) is 43.6 Å². The van der Waals surface area contributed by atoms with Gasteiger partial charge in [-0.05, 0) is 75.9 Å². The van der Waals surface area contributed by atoms with E-state index in [4.69, 9.17) is 0 Å². The van der Waals surface area contributed by atoms with E-state index in [1.54, 1.807) is 13.0 Å². The fourth-order valence-electron chi connectivity index (χ4n) is 4.03. The molecule has 0 spiro atoms. The molecule has 0 unspecified atom stereocenters. The van der Waals surface area contributed by atoms with E-state index in [-0.39, 0.29) is 30.5 Å². The molecule has 8 heteroatoms. The van der Waals surface area contributed by atoms with Gasteiger partial charge in [0, 0.05) is 37.7 Å². The highest BCUT2D eigenvalue weighted by atomic mass is 19.3. The monoisotopic (exact) mass is 475 g/mol. The van der Waals surface area contributed by atoms with Crippen molar-refractivity contribution in [3.8, 4) is 0 Å². The van der Waals surface area contributed by atoms with Gasteiger partial charge in [-0.25, -0.2) is 8.78 Å². The van der Waals surface area contributed by atoms with Gasteiger partial charge in [-0.3, -0.25) is 14.8 Å². The number of amides is 1. The fraction of sp³-hybridized carbons (Fsp3) is 0.577. The molecule has 0 radical (unpaired) electrons. The Morgan fingerprint density at radius 1 is 1.29 bits per heavy atom. The summed E-state index contributed by atoms with van der Waals surface area (Å²) in [6, 6.07) is 4.35. The van der Waals surface area contributed by atoms with Crippen LogP contribution >= 0.6 is 0 Å². The number of rotatable bonds is 6. The second-order valence-electron chi connectivity index (χ2n) is 8.91. The molecule has 0 aromatic heterocycles. The number of benzene rings is 1. The van der Waals surface area contributed by atoms with Gasteiger partial charge in [0.2, 0.25) is 5.92 Å². The molecule has 1 aromatic carbocycles. The van der Waals surface area contributed by atoms with Crippen LogP contribution in [0.2, 0.25) is 0 Å². The molecule has 1 aliphatic carbocycles. The molecule has 1 aromatic rings. The van der Waals surface area contributed by atoms with Gasteiger partial charge in [-0.2, -0.15) is 0 Å². The standard InChI is InChI=1S/C15H23N3.C11H16F2N2O/c1-4-6-13-9-12(3)14(10-11(13)2)18-15-16-7-5-8-17-15;1-3-9(14-2)10(16)15-8-4-6-11(12,13)7-5-8/h9-10H,4-8H2,1-3H3,(H2,16,17,18);3,8H,2,4-7H2,1H3,(H,15,16)/b;9-3-. The quantitative estimate of drug-likeness (QED) is 0.386. The van der Waals surface area contributed by atoms with E-state index in [0.29, 0.717) is 12.8 Å². The first kappa shape index (κ1) is 27.5. The van der Waals surface area contributed by atoms with Gasteiger partial charge in [0.15, 0.2) is 5.96 Å². The topological polar surface area (TPSA) is 77.9 Å². The van der Waals surface area contributed by atoms with Gasteiger partial charge >= 0.3 is 0 Å². The summed E-state index contributed by atoms with van der Waals surface area (Å²) in [6.45, 7) is 13.4. The number of guanidine groups is 1. The zero-order valence-corrected chi connectivity index (χ0v) is 20.9. The summed E-state index contributed by atoms with van der Waals surface area (Å²) >= 11 is 0. The Hall–Kier alpha value is -2.77. The summed E-state index contributed by atoms with van der Waals surface area (Å²) in [4.78, 5) is 19.5. The number of anilines is 1. The van der Waals surface area contributed by atoms with Crippen molar-refractivity contribution in [3.05, 3.63) is 40.6 Å². The van der Waals surface area contributed by atoms with Crippen LogP contribution < -0.4 is 16.0 Å². The number of hydrogen-bond acceptors (Lipinski definition) is 5. The second-order valence-corrected chi connectivity index (χ2v) is 8.91. The number of hydrogen-bond donors (Lipinski definition) is 3. The second kappa shape index (κ2) is 13.2. The van der Waals surface area contributed by atoms with Crippen molar-refractivity contribution in [1.29, 1.82) is 0 Å². The normalized spacial score (nSPS) is 18.1. The lowest BCUT2D eigenvalue weighted by Crippen LogP contribution is -2.40. The molecule has 0 saturated heterocycles. The minimum atomic E-state index is -2.57. The number of carbonyl (C=O) groups excluding carboxylic acids is 1. The van der Waals surface area contributed by atoms with Crippen LogP contribution in [0.3, 0.4) is 0 Å². The predicted molar refractivity (Wildman–Crippen MR) is 137 cm³/mol. The van der Waals surface area contributed by atoms with E-state index in [2.05, 4.69) is 65.6 Å². The molecule has 1 heterocycles. The zero-order chi connectivity index (χ0) is 25.1. The number of alkyl halides is 2. The van der Waals surface area contributed by atoms with E-state index in [9.17, 15) is 13.6 Å². The Labute approximate surface area is 202 Å². The smallest absolute Gasteiger partial charge is 0.269 e. The summed E-state index contributed by atoms with van der Waals surface area (Å²) < 4.78 is 25.7. The van der Waals surface area contributed by atoms with Crippen molar-refractivity contribution < 1.29 is 13.6 Å². The Morgan fingerprint density at radius 2 is 2.00 bits per heavy atom. The Kier molecular flexibility index (Phi) is 10.7. The Balaban J connectivity index is 0.000000242. The van der Waals surface area contributed by atoms with E-state index >= 15 is 0 Å². The average molecular weight is 476 g/mol. The third kappa shape index (κ3) is 8.54. The molecule has 1 amide bonds. The maximum atomic E-state index is 12.9. The van der Waals surface area contributed by atoms with E-state index < -0.39 is 5.92 Å². The van der Waals surface area contributed by atoms with E-state index in [1.165, 1.54) is 28.8 Å². The molecule has 1 fully saturated rings. The molecule has 34 heavy (non-hydrogen) atoms. The number of nitrogens with one attached hydrogen (secondary N) is 3. The number of carbonyl (C=O) groups is 1. The lowest BCUT2D eigenvalue weighted by atomic mass is 9.92.